The van der Waals surface area contributed by atoms with E-state index in [1.54, 1.807) is 42.2 Å². The lowest BCUT2D eigenvalue weighted by atomic mass is 10.1. The van der Waals surface area contributed by atoms with Crippen LogP contribution in [-0.2, 0) is 17.1 Å². The number of halogens is 2. The van der Waals surface area contributed by atoms with Gasteiger partial charge in [-0.15, -0.1) is 0 Å². The SMILES string of the molecule is Cn1nc(-c2ccc(NS(=O)(=O)c3cccc(Cl)c3Cl)cc2)c2cnc(NCCCN)nc21. The van der Waals surface area contributed by atoms with Crippen molar-refractivity contribution in [3.8, 4) is 11.3 Å². The predicted octanol–water partition coefficient (Wildman–Crippen LogP) is 3.90. The molecule has 9 nitrogen and oxygen atoms in total. The molecule has 0 saturated heterocycles. The number of nitrogens with two attached hydrogens (primary N) is 1. The third-order valence-corrected chi connectivity index (χ3v) is 7.22. The average Bonchev–Trinajstić information content (AvgIpc) is 3.12. The Balaban J connectivity index is 1.59. The molecular weight excluding hydrogens is 485 g/mol. The van der Waals surface area contributed by atoms with E-state index in [2.05, 4.69) is 25.1 Å². The third kappa shape index (κ3) is 4.88. The highest BCUT2D eigenvalue weighted by Gasteiger charge is 2.20. The summed E-state index contributed by atoms with van der Waals surface area (Å²) in [6.07, 6.45) is 2.53. The Bertz CT molecular complexity index is 1410. The van der Waals surface area contributed by atoms with E-state index >= 15 is 0 Å². The van der Waals surface area contributed by atoms with Crippen LogP contribution in [0.1, 0.15) is 6.42 Å². The molecule has 0 unspecified atom stereocenters. The average molecular weight is 506 g/mol. The summed E-state index contributed by atoms with van der Waals surface area (Å²) in [5.41, 5.74) is 8.04. The fraction of sp³-hybridized carbons (Fsp3) is 0.190. The molecule has 0 aliphatic carbocycles. The smallest absolute Gasteiger partial charge is 0.263 e. The van der Waals surface area contributed by atoms with Gasteiger partial charge in [0.15, 0.2) is 5.65 Å². The van der Waals surface area contributed by atoms with E-state index in [9.17, 15) is 8.42 Å². The summed E-state index contributed by atoms with van der Waals surface area (Å²) in [5, 5.41) is 8.62. The van der Waals surface area contributed by atoms with Crippen LogP contribution in [0.2, 0.25) is 10.0 Å². The van der Waals surface area contributed by atoms with Crippen LogP contribution in [0.5, 0.6) is 0 Å². The van der Waals surface area contributed by atoms with E-state index in [1.165, 1.54) is 18.2 Å². The van der Waals surface area contributed by atoms with Crippen molar-refractivity contribution >= 4 is 55.9 Å². The number of nitrogens with one attached hydrogen (secondary N) is 2. The highest BCUT2D eigenvalue weighted by Crippen LogP contribution is 2.31. The van der Waals surface area contributed by atoms with Gasteiger partial charge in [-0.05, 0) is 37.2 Å². The molecule has 4 rings (SSSR count). The maximum Gasteiger partial charge on any atom is 0.263 e. The molecule has 0 aliphatic rings. The van der Waals surface area contributed by atoms with Crippen molar-refractivity contribution in [2.75, 3.05) is 23.1 Å². The van der Waals surface area contributed by atoms with Crippen molar-refractivity contribution in [2.24, 2.45) is 12.8 Å². The van der Waals surface area contributed by atoms with Gasteiger partial charge in [0.2, 0.25) is 5.95 Å². The van der Waals surface area contributed by atoms with Crippen LogP contribution in [0.3, 0.4) is 0 Å². The number of rotatable bonds is 8. The lowest BCUT2D eigenvalue weighted by Gasteiger charge is -2.10. The molecule has 0 radical (unpaired) electrons. The van der Waals surface area contributed by atoms with E-state index in [1.807, 2.05) is 0 Å². The van der Waals surface area contributed by atoms with E-state index in [4.69, 9.17) is 28.9 Å². The fourth-order valence-corrected chi connectivity index (χ4v) is 5.06. The summed E-state index contributed by atoms with van der Waals surface area (Å²) in [7, 11) is -2.10. The number of aryl methyl sites for hydroxylation is 1. The highest BCUT2D eigenvalue weighted by molar-refractivity contribution is 7.92. The number of anilines is 2. The topological polar surface area (TPSA) is 128 Å². The van der Waals surface area contributed by atoms with Crippen LogP contribution in [0.15, 0.2) is 53.6 Å². The first-order valence-corrected chi connectivity index (χ1v) is 12.2. The molecule has 0 aliphatic heterocycles. The molecular formula is C21H21Cl2N7O2S. The minimum Gasteiger partial charge on any atom is -0.354 e. The Kier molecular flexibility index (Phi) is 6.71. The van der Waals surface area contributed by atoms with Gasteiger partial charge in [-0.1, -0.05) is 41.4 Å². The Morgan fingerprint density at radius 1 is 1.12 bits per heavy atom. The number of nitrogens with zero attached hydrogens (tertiary/aromatic N) is 4. The molecule has 0 amide bonds. The van der Waals surface area contributed by atoms with Crippen LogP contribution in [-0.4, -0.2) is 41.3 Å². The van der Waals surface area contributed by atoms with E-state index in [0.29, 0.717) is 36.1 Å². The Morgan fingerprint density at radius 3 is 2.61 bits per heavy atom. The van der Waals surface area contributed by atoms with Gasteiger partial charge in [-0.25, -0.2) is 18.1 Å². The predicted molar refractivity (Wildman–Crippen MR) is 131 cm³/mol. The largest absolute Gasteiger partial charge is 0.354 e. The van der Waals surface area contributed by atoms with Gasteiger partial charge in [-0.3, -0.25) is 4.72 Å². The lowest BCUT2D eigenvalue weighted by Crippen LogP contribution is -2.13. The van der Waals surface area contributed by atoms with Crippen molar-refractivity contribution in [1.82, 2.24) is 19.7 Å². The molecule has 0 fully saturated rings. The van der Waals surface area contributed by atoms with Gasteiger partial charge in [0, 0.05) is 31.0 Å². The summed E-state index contributed by atoms with van der Waals surface area (Å²) in [4.78, 5) is 8.80. The maximum absolute atomic E-state index is 12.7. The number of sulfonamides is 1. The number of benzene rings is 2. The van der Waals surface area contributed by atoms with Crippen LogP contribution in [0.25, 0.3) is 22.3 Å². The van der Waals surface area contributed by atoms with Gasteiger partial charge >= 0.3 is 0 Å². The quantitative estimate of drug-likeness (QED) is 0.309. The number of hydrogen-bond acceptors (Lipinski definition) is 7. The van der Waals surface area contributed by atoms with Gasteiger partial charge in [0.05, 0.1) is 15.4 Å². The lowest BCUT2D eigenvalue weighted by molar-refractivity contribution is 0.601. The molecule has 0 bridgehead atoms. The molecule has 4 aromatic rings. The van der Waals surface area contributed by atoms with Crippen LogP contribution < -0.4 is 15.8 Å². The maximum atomic E-state index is 12.7. The fourth-order valence-electron chi connectivity index (χ4n) is 3.24. The third-order valence-electron chi connectivity index (χ3n) is 4.86. The summed E-state index contributed by atoms with van der Waals surface area (Å²) >= 11 is 12.0. The van der Waals surface area contributed by atoms with Crippen molar-refractivity contribution < 1.29 is 8.42 Å². The van der Waals surface area contributed by atoms with Crippen molar-refractivity contribution in [3.05, 3.63) is 58.7 Å². The number of aromatic nitrogens is 4. The molecule has 0 spiro atoms. The minimum atomic E-state index is -3.91. The molecule has 2 aromatic heterocycles. The second kappa shape index (κ2) is 9.52. The zero-order valence-corrected chi connectivity index (χ0v) is 19.9. The monoisotopic (exact) mass is 505 g/mol. The molecule has 33 heavy (non-hydrogen) atoms. The summed E-state index contributed by atoms with van der Waals surface area (Å²) in [5.74, 6) is 0.509. The van der Waals surface area contributed by atoms with Gasteiger partial charge < -0.3 is 11.1 Å². The van der Waals surface area contributed by atoms with E-state index in [0.717, 1.165) is 17.4 Å². The normalized spacial score (nSPS) is 11.6. The zero-order chi connectivity index (χ0) is 23.6. The molecule has 4 N–H and O–H groups in total. The molecule has 0 saturated carbocycles. The Labute approximate surface area is 201 Å². The zero-order valence-electron chi connectivity index (χ0n) is 17.6. The van der Waals surface area contributed by atoms with Crippen LogP contribution in [0.4, 0.5) is 11.6 Å². The molecule has 12 heteroatoms. The standard InChI is InChI=1S/C21H21Cl2N7O2S/c1-30-20-15(12-26-21(27-20)25-11-3-10-24)19(28-30)13-6-8-14(9-7-13)29-33(31,32)17-5-2-4-16(22)18(17)23/h2,4-9,12,29H,3,10-11,24H2,1H3,(H,25,26,27). The minimum absolute atomic E-state index is 0.0277. The van der Waals surface area contributed by atoms with Gasteiger partial charge in [0.1, 0.15) is 10.6 Å². The number of hydrogen-bond donors (Lipinski definition) is 3. The van der Waals surface area contributed by atoms with Crippen molar-refractivity contribution in [3.63, 3.8) is 0 Å². The first kappa shape index (κ1) is 23.2. The molecule has 0 atom stereocenters. The highest BCUT2D eigenvalue weighted by atomic mass is 35.5. The van der Waals surface area contributed by atoms with Crippen molar-refractivity contribution in [1.29, 1.82) is 0 Å². The van der Waals surface area contributed by atoms with Gasteiger partial charge in [0.25, 0.3) is 10.0 Å². The molecule has 2 heterocycles. The summed E-state index contributed by atoms with van der Waals surface area (Å²) < 4.78 is 29.7. The molecule has 2 aromatic carbocycles. The second-order valence-corrected chi connectivity index (χ2v) is 9.64. The Morgan fingerprint density at radius 2 is 1.88 bits per heavy atom. The Hall–Kier alpha value is -2.92. The van der Waals surface area contributed by atoms with E-state index < -0.39 is 10.0 Å². The van der Waals surface area contributed by atoms with E-state index in [-0.39, 0.29) is 14.9 Å². The van der Waals surface area contributed by atoms with Crippen LogP contribution in [0, 0.1) is 0 Å². The first-order valence-electron chi connectivity index (χ1n) is 10.0. The van der Waals surface area contributed by atoms with Gasteiger partial charge in [-0.2, -0.15) is 10.1 Å². The number of fused-ring (bicyclic) bond motifs is 1. The first-order chi connectivity index (χ1) is 15.8. The van der Waals surface area contributed by atoms with Crippen molar-refractivity contribution in [2.45, 2.75) is 11.3 Å². The molecule has 172 valence electrons. The van der Waals surface area contributed by atoms with Crippen LogP contribution >= 0.6 is 23.2 Å². The second-order valence-electron chi connectivity index (χ2n) is 7.21. The summed E-state index contributed by atoms with van der Waals surface area (Å²) in [6.45, 7) is 1.27. The summed E-state index contributed by atoms with van der Waals surface area (Å²) in [6, 6.07) is 11.3.